The number of azo groups is 2. The second-order valence-electron chi connectivity index (χ2n) is 15.7. The SMILES string of the molecule is CCCCC(CC)COc1cc(N=Nc2ccc([N+](=O)[O-])cc2[N+](=O)[O-])c(OCC(CC)CCCC)cc1N=Nc1ccc(N(CCC(CCl)C(=O)O)CCC(CCl)C(=O)O)cc1C. The first-order valence-corrected chi connectivity index (χ1v) is 22.9. The fourth-order valence-electron chi connectivity index (χ4n) is 6.68. The van der Waals surface area contributed by atoms with Crippen molar-refractivity contribution in [2.45, 2.75) is 98.8 Å². The maximum Gasteiger partial charge on any atom is 0.307 e. The first kappa shape index (κ1) is 52.9. The summed E-state index contributed by atoms with van der Waals surface area (Å²) in [6.45, 7) is 11.6. The predicted octanol–water partition coefficient (Wildman–Crippen LogP) is 13.3. The van der Waals surface area contributed by atoms with E-state index < -0.39 is 45.0 Å². The van der Waals surface area contributed by atoms with Crippen molar-refractivity contribution in [2.24, 2.45) is 44.1 Å². The average Bonchev–Trinajstić information content (AvgIpc) is 3.27. The van der Waals surface area contributed by atoms with E-state index in [9.17, 15) is 40.0 Å². The Kier molecular flexibility index (Phi) is 22.9. The second kappa shape index (κ2) is 27.7. The van der Waals surface area contributed by atoms with Gasteiger partial charge in [0.05, 0.1) is 46.6 Å². The Bertz CT molecular complexity index is 2050. The summed E-state index contributed by atoms with van der Waals surface area (Å²) in [5, 5.41) is 60.4. The Morgan fingerprint density at radius 2 is 1.14 bits per heavy atom. The Balaban J connectivity index is 2.15. The highest BCUT2D eigenvalue weighted by atomic mass is 35.5. The van der Waals surface area contributed by atoms with Crippen LogP contribution in [-0.4, -0.2) is 70.1 Å². The second-order valence-corrected chi connectivity index (χ2v) is 16.4. The van der Waals surface area contributed by atoms with Gasteiger partial charge in [-0.1, -0.05) is 66.2 Å². The summed E-state index contributed by atoms with van der Waals surface area (Å²) in [5.74, 6) is -2.69. The lowest BCUT2D eigenvalue weighted by Gasteiger charge is -2.27. The van der Waals surface area contributed by atoms with Gasteiger partial charge in [0.1, 0.15) is 22.9 Å². The molecule has 0 radical (unpaired) electrons. The maximum absolute atomic E-state index is 11.9. The number of nitrogens with zero attached hydrogens (tertiary/aromatic N) is 7. The lowest BCUT2D eigenvalue weighted by molar-refractivity contribution is -0.393. The molecule has 0 amide bonds. The smallest absolute Gasteiger partial charge is 0.307 e. The number of carbonyl (C=O) groups is 2. The molecule has 350 valence electrons. The number of benzene rings is 3. The van der Waals surface area contributed by atoms with Gasteiger partial charge >= 0.3 is 17.6 Å². The topological polar surface area (TPSA) is 232 Å². The van der Waals surface area contributed by atoms with Crippen molar-refractivity contribution in [1.29, 1.82) is 0 Å². The third kappa shape index (κ3) is 16.6. The van der Waals surface area contributed by atoms with Gasteiger partial charge in [-0.15, -0.1) is 38.5 Å². The van der Waals surface area contributed by atoms with Crippen LogP contribution in [0.3, 0.4) is 0 Å². The highest BCUT2D eigenvalue weighted by Gasteiger charge is 2.23. The lowest BCUT2D eigenvalue weighted by atomic mass is 10.0. The van der Waals surface area contributed by atoms with E-state index in [0.29, 0.717) is 43.4 Å². The molecule has 0 heterocycles. The highest BCUT2D eigenvalue weighted by molar-refractivity contribution is 6.19. The van der Waals surface area contributed by atoms with Crippen molar-refractivity contribution in [3.05, 3.63) is 74.3 Å². The quantitative estimate of drug-likeness (QED) is 0.0266. The summed E-state index contributed by atoms with van der Waals surface area (Å²) in [6.07, 6.45) is 8.19. The molecule has 0 aliphatic heterocycles. The van der Waals surface area contributed by atoms with Gasteiger partial charge in [-0.3, -0.25) is 29.8 Å². The van der Waals surface area contributed by atoms with E-state index in [0.717, 1.165) is 74.8 Å². The fourth-order valence-corrected chi connectivity index (χ4v) is 7.26. The number of rotatable bonds is 31. The van der Waals surface area contributed by atoms with Gasteiger partial charge in [-0.2, -0.15) is 5.11 Å². The zero-order valence-electron chi connectivity index (χ0n) is 37.3. The first-order valence-electron chi connectivity index (χ1n) is 21.8. The molecule has 4 unspecified atom stereocenters. The van der Waals surface area contributed by atoms with Crippen LogP contribution >= 0.6 is 23.2 Å². The van der Waals surface area contributed by atoms with E-state index in [-0.39, 0.29) is 53.6 Å². The van der Waals surface area contributed by atoms with Crippen molar-refractivity contribution in [2.75, 3.05) is 43.0 Å². The van der Waals surface area contributed by atoms with E-state index in [1.54, 1.807) is 18.2 Å². The number of aliphatic carboxylic acids is 2. The van der Waals surface area contributed by atoms with Crippen LogP contribution < -0.4 is 14.4 Å². The Morgan fingerprint density at radius 1 is 0.672 bits per heavy atom. The van der Waals surface area contributed by atoms with Crippen LogP contribution in [0.5, 0.6) is 11.5 Å². The number of hydrogen-bond acceptors (Lipinski definition) is 13. The number of non-ortho nitro benzene ring substituents is 1. The van der Waals surface area contributed by atoms with E-state index in [1.807, 2.05) is 24.0 Å². The Hall–Kier alpha value is -5.42. The first-order chi connectivity index (χ1) is 30.7. The number of aryl methyl sites for hydroxylation is 1. The number of unbranched alkanes of at least 4 members (excludes halogenated alkanes) is 2. The number of ether oxygens (including phenoxy) is 2. The van der Waals surface area contributed by atoms with Crippen molar-refractivity contribution < 1.29 is 39.1 Å². The van der Waals surface area contributed by atoms with Gasteiger partial charge in [0.2, 0.25) is 0 Å². The monoisotopic (exact) mass is 929 g/mol. The van der Waals surface area contributed by atoms with Crippen LogP contribution in [0.15, 0.2) is 69.0 Å². The molecule has 0 saturated heterocycles. The molecular formula is C45H61Cl2N7O10. The average molecular weight is 931 g/mol. The van der Waals surface area contributed by atoms with Gasteiger partial charge in [-0.25, -0.2) is 0 Å². The highest BCUT2D eigenvalue weighted by Crippen LogP contribution is 2.43. The summed E-state index contributed by atoms with van der Waals surface area (Å²) in [6, 6.07) is 11.8. The predicted molar refractivity (Wildman–Crippen MR) is 248 cm³/mol. The number of carboxylic acid groups (broad SMARTS) is 2. The number of carboxylic acids is 2. The van der Waals surface area contributed by atoms with Crippen molar-refractivity contribution in [3.63, 3.8) is 0 Å². The van der Waals surface area contributed by atoms with Crippen LogP contribution in [0.2, 0.25) is 0 Å². The molecule has 0 aliphatic rings. The van der Waals surface area contributed by atoms with Crippen LogP contribution in [0.25, 0.3) is 0 Å². The maximum atomic E-state index is 11.9. The molecule has 0 aliphatic carbocycles. The van der Waals surface area contributed by atoms with Crippen molar-refractivity contribution in [3.8, 4) is 11.5 Å². The third-order valence-corrected chi connectivity index (χ3v) is 11.8. The number of anilines is 1. The molecule has 4 atom stereocenters. The van der Waals surface area contributed by atoms with Gasteiger partial charge in [0, 0.05) is 48.7 Å². The zero-order valence-corrected chi connectivity index (χ0v) is 38.8. The number of nitro groups is 2. The molecule has 2 N–H and O–H groups in total. The minimum atomic E-state index is -1.01. The molecule has 3 aromatic rings. The summed E-state index contributed by atoms with van der Waals surface area (Å²) in [7, 11) is 0. The van der Waals surface area contributed by atoms with Gasteiger partial charge in [0.15, 0.2) is 5.69 Å². The summed E-state index contributed by atoms with van der Waals surface area (Å²) < 4.78 is 12.9. The Labute approximate surface area is 384 Å². The van der Waals surface area contributed by atoms with Crippen molar-refractivity contribution >= 4 is 75.0 Å². The van der Waals surface area contributed by atoms with E-state index >= 15 is 0 Å². The Morgan fingerprint density at radius 3 is 1.55 bits per heavy atom. The summed E-state index contributed by atoms with van der Waals surface area (Å²) in [4.78, 5) is 47.2. The largest absolute Gasteiger partial charge is 0.491 e. The van der Waals surface area contributed by atoms with Gasteiger partial charge < -0.3 is 24.6 Å². The third-order valence-electron chi connectivity index (χ3n) is 11.1. The molecule has 17 nitrogen and oxygen atoms in total. The number of hydrogen-bond donors (Lipinski definition) is 2. The molecule has 0 spiro atoms. The normalized spacial score (nSPS) is 13.4. The lowest BCUT2D eigenvalue weighted by Crippen LogP contribution is -2.32. The molecule has 0 bridgehead atoms. The molecule has 64 heavy (non-hydrogen) atoms. The number of nitro benzene ring substituents is 2. The van der Waals surface area contributed by atoms with Crippen molar-refractivity contribution in [1.82, 2.24) is 0 Å². The number of halogens is 2. The van der Waals surface area contributed by atoms with Gasteiger partial charge in [-0.05, 0) is 74.3 Å². The van der Waals surface area contributed by atoms with Gasteiger partial charge in [0.25, 0.3) is 5.69 Å². The molecule has 3 aromatic carbocycles. The van der Waals surface area contributed by atoms with Crippen LogP contribution in [-0.2, 0) is 9.59 Å². The van der Waals surface area contributed by atoms with E-state index in [1.165, 1.54) is 6.07 Å². The molecule has 0 fully saturated rings. The van der Waals surface area contributed by atoms with Crippen LogP contribution in [0.4, 0.5) is 39.8 Å². The molecule has 3 rings (SSSR count). The minimum absolute atomic E-state index is 0.0680. The molecule has 0 aromatic heterocycles. The minimum Gasteiger partial charge on any atom is -0.491 e. The van der Waals surface area contributed by atoms with Crippen LogP contribution in [0, 0.1) is 50.8 Å². The molecular weight excluding hydrogens is 869 g/mol. The zero-order chi connectivity index (χ0) is 47.2. The summed E-state index contributed by atoms with van der Waals surface area (Å²) >= 11 is 11.9. The molecule has 0 saturated carbocycles. The van der Waals surface area contributed by atoms with E-state index in [2.05, 4.69) is 48.2 Å². The van der Waals surface area contributed by atoms with E-state index in [4.69, 9.17) is 32.7 Å². The fraction of sp³-hybridized carbons (Fsp3) is 0.556. The molecule has 19 heteroatoms. The number of alkyl halides is 2. The standard InChI is InChI=1S/C45H61Cl2N7O10/c1-6-10-12-31(8-3)28-63-42-25-40(51-49-38-17-15-36(53(59)60)23-41(38)54(61)62)43(64-29-32(9-4)13-11-7-2)24-39(42)50-48-37-16-14-35(22-30(37)5)52(20-18-33(26-46)44(55)56)21-19-34(27-47)45(57)58/h14-17,22-25,31-34H,6-13,18-21,26-29H2,1-5H3,(H,55,56)(H,57,58). The summed E-state index contributed by atoms with van der Waals surface area (Å²) in [5.41, 5.74) is 1.27. The van der Waals surface area contributed by atoms with Crippen LogP contribution in [0.1, 0.15) is 97.5 Å².